The lowest BCUT2D eigenvalue weighted by molar-refractivity contribution is -0.149. The molecule has 3 heterocycles. The summed E-state index contributed by atoms with van der Waals surface area (Å²) in [5.41, 5.74) is 0.851. The second kappa shape index (κ2) is 6.62. The van der Waals surface area contributed by atoms with E-state index in [1.165, 1.54) is 6.07 Å². The summed E-state index contributed by atoms with van der Waals surface area (Å²) in [6.07, 6.45) is 3.90. The van der Waals surface area contributed by atoms with Gasteiger partial charge in [0.2, 0.25) is 5.91 Å². The summed E-state index contributed by atoms with van der Waals surface area (Å²) >= 11 is 0. The van der Waals surface area contributed by atoms with Gasteiger partial charge >= 0.3 is 0 Å². The van der Waals surface area contributed by atoms with Crippen molar-refractivity contribution in [2.24, 2.45) is 0 Å². The van der Waals surface area contributed by atoms with Crippen molar-refractivity contribution in [3.05, 3.63) is 41.8 Å². The highest BCUT2D eigenvalue weighted by atomic mass is 19.1. The van der Waals surface area contributed by atoms with E-state index >= 15 is 0 Å². The fourth-order valence-corrected chi connectivity index (χ4v) is 4.64. The van der Waals surface area contributed by atoms with Crippen LogP contribution >= 0.6 is 0 Å². The monoisotopic (exact) mass is 355 g/mol. The van der Waals surface area contributed by atoms with E-state index < -0.39 is 5.54 Å². The van der Waals surface area contributed by atoms with Crippen molar-refractivity contribution in [2.45, 2.75) is 57.7 Å². The molecule has 5 heteroatoms. The molecule has 4 nitrogen and oxygen atoms in total. The highest BCUT2D eigenvalue weighted by Gasteiger charge is 2.51. The summed E-state index contributed by atoms with van der Waals surface area (Å²) in [5, 5.41) is 0.810. The third-order valence-corrected chi connectivity index (χ3v) is 5.98. The Kier molecular flexibility index (Phi) is 4.43. The quantitative estimate of drug-likeness (QED) is 0.842. The number of para-hydroxylation sites is 1. The van der Waals surface area contributed by atoms with Gasteiger partial charge in [-0.25, -0.2) is 9.37 Å². The van der Waals surface area contributed by atoms with Gasteiger partial charge in [-0.1, -0.05) is 18.2 Å². The van der Waals surface area contributed by atoms with Gasteiger partial charge < -0.3 is 4.90 Å². The predicted octanol–water partition coefficient (Wildman–Crippen LogP) is 3.74. The lowest BCUT2D eigenvalue weighted by Gasteiger charge is -2.46. The van der Waals surface area contributed by atoms with E-state index in [1.54, 1.807) is 6.07 Å². The average molecular weight is 355 g/mol. The van der Waals surface area contributed by atoms with Crippen LogP contribution in [0.2, 0.25) is 0 Å². The van der Waals surface area contributed by atoms with Crippen LogP contribution in [-0.4, -0.2) is 45.4 Å². The molecule has 2 saturated heterocycles. The number of carbonyl (C=O) groups is 1. The highest BCUT2D eigenvalue weighted by molar-refractivity contribution is 5.87. The summed E-state index contributed by atoms with van der Waals surface area (Å²) in [4.78, 5) is 22.1. The van der Waals surface area contributed by atoms with Gasteiger partial charge in [-0.3, -0.25) is 9.69 Å². The molecule has 4 rings (SSSR count). The third-order valence-electron chi connectivity index (χ3n) is 5.98. The number of benzene rings is 1. The molecule has 0 bridgehead atoms. The van der Waals surface area contributed by atoms with Crippen molar-refractivity contribution in [1.29, 1.82) is 0 Å². The first-order valence-corrected chi connectivity index (χ1v) is 9.61. The summed E-state index contributed by atoms with van der Waals surface area (Å²) in [6.45, 7) is 6.52. The fraction of sp³-hybridized carbons (Fsp3) is 0.524. The molecule has 1 atom stereocenters. The smallest absolute Gasteiger partial charge is 0.243 e. The van der Waals surface area contributed by atoms with Crippen LogP contribution in [0.4, 0.5) is 4.39 Å². The van der Waals surface area contributed by atoms with Gasteiger partial charge in [-0.15, -0.1) is 0 Å². The first-order valence-electron chi connectivity index (χ1n) is 9.61. The Labute approximate surface area is 154 Å². The zero-order valence-electron chi connectivity index (χ0n) is 15.5. The topological polar surface area (TPSA) is 36.4 Å². The van der Waals surface area contributed by atoms with Crippen LogP contribution in [0.25, 0.3) is 10.9 Å². The molecule has 26 heavy (non-hydrogen) atoms. The van der Waals surface area contributed by atoms with E-state index in [-0.39, 0.29) is 17.8 Å². The zero-order valence-corrected chi connectivity index (χ0v) is 15.5. The molecular formula is C21H26FN3O. The lowest BCUT2D eigenvalue weighted by Crippen LogP contribution is -2.61. The molecule has 1 amide bonds. The van der Waals surface area contributed by atoms with Crippen molar-refractivity contribution in [1.82, 2.24) is 14.8 Å². The van der Waals surface area contributed by atoms with E-state index in [4.69, 9.17) is 0 Å². The molecule has 0 radical (unpaired) electrons. The summed E-state index contributed by atoms with van der Waals surface area (Å²) < 4.78 is 14.1. The van der Waals surface area contributed by atoms with E-state index in [2.05, 4.69) is 23.7 Å². The number of amides is 1. The van der Waals surface area contributed by atoms with Crippen LogP contribution < -0.4 is 0 Å². The molecule has 1 aromatic heterocycles. The number of likely N-dealkylation sites (tertiary alicyclic amines) is 2. The number of carbonyl (C=O) groups excluding carboxylic acids is 1. The van der Waals surface area contributed by atoms with Gasteiger partial charge in [-0.2, -0.15) is 0 Å². The molecule has 0 N–H and O–H groups in total. The Morgan fingerprint density at radius 2 is 1.92 bits per heavy atom. The lowest BCUT2D eigenvalue weighted by atomic mass is 9.84. The SMILES string of the molecule is CC(C)N1CCCC2(CCCN2Cc2ccc3cccc(F)c3n2)C1=O. The number of fused-ring (bicyclic) bond motifs is 1. The van der Waals surface area contributed by atoms with Crippen LogP contribution in [0, 0.1) is 5.82 Å². The Bertz CT molecular complexity index is 837. The Morgan fingerprint density at radius 3 is 2.69 bits per heavy atom. The Morgan fingerprint density at radius 1 is 1.15 bits per heavy atom. The van der Waals surface area contributed by atoms with Gasteiger partial charge in [0.05, 0.1) is 5.69 Å². The fourth-order valence-electron chi connectivity index (χ4n) is 4.64. The molecule has 2 fully saturated rings. The third kappa shape index (κ3) is 2.78. The Hall–Kier alpha value is -2.01. The standard InChI is InChI=1S/C21H26FN3O/c1-15(2)25-13-5-11-21(20(25)26)10-4-12-24(21)14-17-9-8-16-6-3-7-18(22)19(16)23-17/h3,6-9,15H,4-5,10-14H2,1-2H3. The second-order valence-corrected chi connectivity index (χ2v) is 7.87. The van der Waals surface area contributed by atoms with Crippen LogP contribution in [0.5, 0.6) is 0 Å². The maximum atomic E-state index is 14.1. The van der Waals surface area contributed by atoms with Gasteiger partial charge in [0.1, 0.15) is 16.9 Å². The summed E-state index contributed by atoms with van der Waals surface area (Å²) in [7, 11) is 0. The van der Waals surface area contributed by atoms with Crippen LogP contribution in [0.3, 0.4) is 0 Å². The van der Waals surface area contributed by atoms with E-state index in [0.29, 0.717) is 12.1 Å². The maximum Gasteiger partial charge on any atom is 0.243 e. The van der Waals surface area contributed by atoms with Crippen LogP contribution in [0.15, 0.2) is 30.3 Å². The van der Waals surface area contributed by atoms with Gasteiger partial charge in [-0.05, 0) is 58.2 Å². The minimum absolute atomic E-state index is 0.231. The van der Waals surface area contributed by atoms with E-state index in [0.717, 1.165) is 49.9 Å². The van der Waals surface area contributed by atoms with E-state index in [1.807, 2.05) is 23.1 Å². The van der Waals surface area contributed by atoms with Crippen molar-refractivity contribution < 1.29 is 9.18 Å². The number of pyridine rings is 1. The van der Waals surface area contributed by atoms with Crippen LogP contribution in [0.1, 0.15) is 45.2 Å². The van der Waals surface area contributed by atoms with Crippen LogP contribution in [-0.2, 0) is 11.3 Å². The van der Waals surface area contributed by atoms with E-state index in [9.17, 15) is 9.18 Å². The first-order chi connectivity index (χ1) is 12.5. The Balaban J connectivity index is 1.63. The van der Waals surface area contributed by atoms with Crippen molar-refractivity contribution in [2.75, 3.05) is 13.1 Å². The normalized spacial score (nSPS) is 24.3. The number of aromatic nitrogens is 1. The number of hydrogen-bond acceptors (Lipinski definition) is 3. The zero-order chi connectivity index (χ0) is 18.3. The number of hydrogen-bond donors (Lipinski definition) is 0. The molecule has 1 unspecified atom stereocenters. The van der Waals surface area contributed by atoms with Crippen molar-refractivity contribution >= 4 is 16.8 Å². The summed E-state index contributed by atoms with van der Waals surface area (Å²) in [5.74, 6) is -0.0246. The largest absolute Gasteiger partial charge is 0.339 e. The highest BCUT2D eigenvalue weighted by Crippen LogP contribution is 2.39. The van der Waals surface area contributed by atoms with Crippen molar-refractivity contribution in [3.63, 3.8) is 0 Å². The molecule has 138 valence electrons. The molecule has 2 aliphatic rings. The van der Waals surface area contributed by atoms with Gasteiger partial charge in [0, 0.05) is 24.5 Å². The molecule has 0 saturated carbocycles. The first kappa shape index (κ1) is 17.4. The average Bonchev–Trinajstić information content (AvgIpc) is 3.01. The number of piperidine rings is 1. The number of rotatable bonds is 3. The molecule has 2 aromatic rings. The summed E-state index contributed by atoms with van der Waals surface area (Å²) in [6, 6.07) is 9.14. The number of halogens is 1. The molecule has 1 aromatic carbocycles. The molecular weight excluding hydrogens is 329 g/mol. The molecule has 1 spiro atoms. The molecule has 0 aliphatic carbocycles. The van der Waals surface area contributed by atoms with Gasteiger partial charge in [0.25, 0.3) is 0 Å². The van der Waals surface area contributed by atoms with Gasteiger partial charge in [0.15, 0.2) is 0 Å². The minimum Gasteiger partial charge on any atom is -0.339 e. The predicted molar refractivity (Wildman–Crippen MR) is 100 cm³/mol. The maximum absolute atomic E-state index is 14.1. The minimum atomic E-state index is -0.394. The second-order valence-electron chi connectivity index (χ2n) is 7.87. The molecule has 2 aliphatic heterocycles. The number of nitrogens with zero attached hydrogens (tertiary/aromatic N) is 3. The van der Waals surface area contributed by atoms with Crippen molar-refractivity contribution in [3.8, 4) is 0 Å².